The minimum atomic E-state index is 0.0896. The van der Waals surface area contributed by atoms with Crippen molar-refractivity contribution in [1.82, 2.24) is 15.5 Å². The number of hydrogen-bond acceptors (Lipinski definition) is 3. The average molecular weight is 323 g/mol. The molecule has 2 atom stereocenters. The van der Waals surface area contributed by atoms with Crippen molar-refractivity contribution in [2.45, 2.75) is 58.3 Å². The van der Waals surface area contributed by atoms with Crippen LogP contribution in [0.1, 0.15) is 58.3 Å². The fourth-order valence-electron chi connectivity index (χ4n) is 3.68. The smallest absolute Gasteiger partial charge is 0.224 e. The second-order valence-corrected chi connectivity index (χ2v) is 7.18. The molecule has 23 heavy (non-hydrogen) atoms. The van der Waals surface area contributed by atoms with Crippen molar-refractivity contribution < 1.29 is 9.59 Å². The van der Waals surface area contributed by atoms with Gasteiger partial charge in [-0.3, -0.25) is 9.59 Å². The number of nitrogens with one attached hydrogen (secondary N) is 2. The maximum atomic E-state index is 12.2. The zero-order valence-corrected chi connectivity index (χ0v) is 14.6. The van der Waals surface area contributed by atoms with E-state index >= 15 is 0 Å². The molecule has 132 valence electrons. The average Bonchev–Trinajstić information content (AvgIpc) is 2.85. The number of rotatable bonds is 6. The maximum Gasteiger partial charge on any atom is 0.224 e. The summed E-state index contributed by atoms with van der Waals surface area (Å²) in [6.07, 6.45) is 8.13. The van der Waals surface area contributed by atoms with Crippen LogP contribution in [0.25, 0.3) is 0 Å². The third kappa shape index (κ3) is 6.50. The Morgan fingerprint density at radius 1 is 1.17 bits per heavy atom. The first-order valence-corrected chi connectivity index (χ1v) is 9.42. The Bertz CT molecular complexity index is 372. The van der Waals surface area contributed by atoms with Crippen LogP contribution in [0.4, 0.5) is 0 Å². The van der Waals surface area contributed by atoms with Crippen molar-refractivity contribution in [2.24, 2.45) is 11.8 Å². The third-order valence-electron chi connectivity index (χ3n) is 5.27. The zero-order valence-electron chi connectivity index (χ0n) is 14.6. The van der Waals surface area contributed by atoms with Crippen molar-refractivity contribution >= 4 is 11.8 Å². The molecule has 0 aromatic heterocycles. The highest BCUT2D eigenvalue weighted by Gasteiger charge is 2.22. The van der Waals surface area contributed by atoms with Gasteiger partial charge in [-0.2, -0.15) is 0 Å². The molecule has 0 aliphatic carbocycles. The van der Waals surface area contributed by atoms with Crippen molar-refractivity contribution in [2.75, 3.05) is 32.7 Å². The summed E-state index contributed by atoms with van der Waals surface area (Å²) in [5, 5.41) is 6.34. The Kier molecular flexibility index (Phi) is 7.86. The van der Waals surface area contributed by atoms with Crippen LogP contribution in [0.5, 0.6) is 0 Å². The molecule has 2 unspecified atom stereocenters. The van der Waals surface area contributed by atoms with Crippen molar-refractivity contribution in [3.8, 4) is 0 Å². The summed E-state index contributed by atoms with van der Waals surface area (Å²) in [4.78, 5) is 26.2. The third-order valence-corrected chi connectivity index (χ3v) is 5.27. The molecule has 2 amide bonds. The number of hydrogen-bond donors (Lipinski definition) is 2. The van der Waals surface area contributed by atoms with Crippen LogP contribution in [0, 0.1) is 11.8 Å². The van der Waals surface area contributed by atoms with Gasteiger partial charge in [0, 0.05) is 32.5 Å². The van der Waals surface area contributed by atoms with Gasteiger partial charge in [0.2, 0.25) is 11.8 Å². The van der Waals surface area contributed by atoms with E-state index in [1.54, 1.807) is 0 Å². The zero-order chi connectivity index (χ0) is 16.5. The molecule has 2 aliphatic heterocycles. The normalized spacial score (nSPS) is 23.9. The minimum Gasteiger partial charge on any atom is -0.356 e. The number of carbonyl (C=O) groups excluding carboxylic acids is 2. The van der Waals surface area contributed by atoms with Gasteiger partial charge >= 0.3 is 0 Å². The Morgan fingerprint density at radius 2 is 1.91 bits per heavy atom. The summed E-state index contributed by atoms with van der Waals surface area (Å²) in [7, 11) is 0. The lowest BCUT2D eigenvalue weighted by molar-refractivity contribution is -0.131. The fourth-order valence-corrected chi connectivity index (χ4v) is 3.68. The van der Waals surface area contributed by atoms with Crippen LogP contribution in [-0.2, 0) is 9.59 Å². The lowest BCUT2D eigenvalue weighted by atomic mass is 9.85. The van der Waals surface area contributed by atoms with E-state index < -0.39 is 0 Å². The molecule has 2 heterocycles. The van der Waals surface area contributed by atoms with E-state index in [2.05, 4.69) is 17.6 Å². The summed E-state index contributed by atoms with van der Waals surface area (Å²) < 4.78 is 0. The van der Waals surface area contributed by atoms with Gasteiger partial charge < -0.3 is 15.5 Å². The Hall–Kier alpha value is -1.10. The number of likely N-dealkylation sites (tertiary alicyclic amines) is 1. The standard InChI is InChI=1S/C18H33N3O2/c1-15(16-7-6-9-19-14-16)13-17(22)20-10-8-18(23)21-11-4-2-3-5-12-21/h15-16,19H,2-14H2,1H3,(H,20,22). The topological polar surface area (TPSA) is 61.4 Å². The Labute approximate surface area is 140 Å². The van der Waals surface area contributed by atoms with Crippen LogP contribution >= 0.6 is 0 Å². The molecular formula is C18H33N3O2. The van der Waals surface area contributed by atoms with Gasteiger partial charge in [0.25, 0.3) is 0 Å². The van der Waals surface area contributed by atoms with Gasteiger partial charge in [0.1, 0.15) is 0 Å². The highest BCUT2D eigenvalue weighted by atomic mass is 16.2. The van der Waals surface area contributed by atoms with Gasteiger partial charge in [0.15, 0.2) is 0 Å². The lowest BCUT2D eigenvalue weighted by Gasteiger charge is -2.28. The van der Waals surface area contributed by atoms with Crippen molar-refractivity contribution in [3.05, 3.63) is 0 Å². The van der Waals surface area contributed by atoms with Gasteiger partial charge in [-0.1, -0.05) is 19.8 Å². The minimum absolute atomic E-state index is 0.0896. The maximum absolute atomic E-state index is 12.2. The molecule has 5 nitrogen and oxygen atoms in total. The van der Waals surface area contributed by atoms with E-state index in [4.69, 9.17) is 0 Å². The first-order valence-electron chi connectivity index (χ1n) is 9.42. The quantitative estimate of drug-likeness (QED) is 0.785. The van der Waals surface area contributed by atoms with Gasteiger partial charge in [0.05, 0.1) is 0 Å². The molecule has 0 aromatic carbocycles. The van der Waals surface area contributed by atoms with Crippen LogP contribution in [0.2, 0.25) is 0 Å². The number of carbonyl (C=O) groups is 2. The van der Waals surface area contributed by atoms with E-state index in [1.807, 2.05) is 4.90 Å². The van der Waals surface area contributed by atoms with Gasteiger partial charge in [-0.15, -0.1) is 0 Å². The molecule has 5 heteroatoms. The first-order chi connectivity index (χ1) is 11.2. The predicted molar refractivity (Wildman–Crippen MR) is 92.0 cm³/mol. The van der Waals surface area contributed by atoms with E-state index in [-0.39, 0.29) is 11.8 Å². The van der Waals surface area contributed by atoms with Crippen LogP contribution in [0.15, 0.2) is 0 Å². The van der Waals surface area contributed by atoms with Gasteiger partial charge in [-0.05, 0) is 50.6 Å². The number of nitrogens with zero attached hydrogens (tertiary/aromatic N) is 1. The molecule has 2 fully saturated rings. The molecular weight excluding hydrogens is 290 g/mol. The highest BCUT2D eigenvalue weighted by molar-refractivity contribution is 5.79. The molecule has 2 N–H and O–H groups in total. The lowest BCUT2D eigenvalue weighted by Crippen LogP contribution is -2.37. The predicted octanol–water partition coefficient (Wildman–Crippen LogP) is 1.92. The highest BCUT2D eigenvalue weighted by Crippen LogP contribution is 2.22. The van der Waals surface area contributed by atoms with E-state index in [0.717, 1.165) is 39.0 Å². The summed E-state index contributed by atoms with van der Waals surface area (Å²) in [5.74, 6) is 1.29. The molecule has 0 saturated carbocycles. The van der Waals surface area contributed by atoms with Crippen molar-refractivity contribution in [1.29, 1.82) is 0 Å². The molecule has 2 saturated heterocycles. The number of piperidine rings is 1. The van der Waals surface area contributed by atoms with E-state index in [9.17, 15) is 9.59 Å². The fraction of sp³-hybridized carbons (Fsp3) is 0.889. The Morgan fingerprint density at radius 3 is 2.57 bits per heavy atom. The molecule has 0 spiro atoms. The molecule has 0 bridgehead atoms. The summed E-state index contributed by atoms with van der Waals surface area (Å²) >= 11 is 0. The molecule has 0 aromatic rings. The SMILES string of the molecule is CC(CC(=O)NCCC(=O)N1CCCCCC1)C1CCCNC1. The van der Waals surface area contributed by atoms with E-state index in [0.29, 0.717) is 31.2 Å². The number of amides is 2. The molecule has 0 radical (unpaired) electrons. The second kappa shape index (κ2) is 9.91. The van der Waals surface area contributed by atoms with Crippen LogP contribution in [-0.4, -0.2) is 49.4 Å². The largest absolute Gasteiger partial charge is 0.356 e. The second-order valence-electron chi connectivity index (χ2n) is 7.18. The monoisotopic (exact) mass is 323 g/mol. The van der Waals surface area contributed by atoms with Gasteiger partial charge in [-0.25, -0.2) is 0 Å². The van der Waals surface area contributed by atoms with Crippen LogP contribution < -0.4 is 10.6 Å². The Balaban J connectivity index is 1.60. The van der Waals surface area contributed by atoms with Crippen LogP contribution in [0.3, 0.4) is 0 Å². The first kappa shape index (κ1) is 18.2. The molecule has 2 aliphatic rings. The molecule has 2 rings (SSSR count). The summed E-state index contributed by atoms with van der Waals surface area (Å²) in [6.45, 7) is 6.55. The van der Waals surface area contributed by atoms with E-state index in [1.165, 1.54) is 25.7 Å². The summed E-state index contributed by atoms with van der Waals surface area (Å²) in [6, 6.07) is 0. The van der Waals surface area contributed by atoms with Crippen molar-refractivity contribution in [3.63, 3.8) is 0 Å². The summed E-state index contributed by atoms with van der Waals surface area (Å²) in [5.41, 5.74) is 0.